The predicted octanol–water partition coefficient (Wildman–Crippen LogP) is 1.52. The Bertz CT molecular complexity index is 102. The highest BCUT2D eigenvalue weighted by molar-refractivity contribution is 5.62. The number of aliphatic carboxylic acids is 1. The summed E-state index contributed by atoms with van der Waals surface area (Å²) < 4.78 is 5.14. The molecule has 0 aromatic carbocycles. The summed E-state index contributed by atoms with van der Waals surface area (Å²) in [5.41, 5.74) is 0. The minimum atomic E-state index is -0.833. The van der Waals surface area contributed by atoms with Crippen molar-refractivity contribution in [1.29, 1.82) is 0 Å². The number of rotatable bonds is 0. The van der Waals surface area contributed by atoms with Gasteiger partial charge in [-0.05, 0) is 18.8 Å². The van der Waals surface area contributed by atoms with E-state index < -0.39 is 5.97 Å². The van der Waals surface area contributed by atoms with Gasteiger partial charge in [-0.25, -0.2) is 0 Å². The van der Waals surface area contributed by atoms with E-state index in [0.717, 1.165) is 26.1 Å². The summed E-state index contributed by atoms with van der Waals surface area (Å²) in [5, 5.41) is 7.42. The van der Waals surface area contributed by atoms with Gasteiger partial charge in [-0.2, -0.15) is 0 Å². The molecule has 1 fully saturated rings. The molecule has 0 spiro atoms. The molecule has 0 unspecified atom stereocenters. The van der Waals surface area contributed by atoms with Gasteiger partial charge in [0.25, 0.3) is 5.97 Å². The summed E-state index contributed by atoms with van der Waals surface area (Å²) in [6, 6.07) is 0. The molecule has 3 nitrogen and oxygen atoms in total. The molecule has 0 bridgehead atoms. The van der Waals surface area contributed by atoms with E-state index in [1.165, 1.54) is 12.8 Å². The summed E-state index contributed by atoms with van der Waals surface area (Å²) in [7, 11) is 0. The van der Waals surface area contributed by atoms with Gasteiger partial charge < -0.3 is 9.84 Å². The molecule has 0 atom stereocenters. The Morgan fingerprint density at radius 2 is 1.82 bits per heavy atom. The van der Waals surface area contributed by atoms with Crippen LogP contribution in [0.25, 0.3) is 0 Å². The molecule has 0 aromatic rings. The van der Waals surface area contributed by atoms with Crippen molar-refractivity contribution in [1.82, 2.24) is 0 Å². The first-order valence-corrected chi connectivity index (χ1v) is 3.90. The Balaban J connectivity index is 0.000000218. The second kappa shape index (κ2) is 6.16. The van der Waals surface area contributed by atoms with Crippen LogP contribution in [0.15, 0.2) is 0 Å². The maximum atomic E-state index is 9.00. The summed E-state index contributed by atoms with van der Waals surface area (Å²) in [6.45, 7) is 5.34. The first-order chi connectivity index (χ1) is 5.13. The largest absolute Gasteiger partial charge is 0.481 e. The second-order valence-electron chi connectivity index (χ2n) is 2.81. The summed E-state index contributed by atoms with van der Waals surface area (Å²) >= 11 is 0. The predicted molar refractivity (Wildman–Crippen MR) is 42.5 cm³/mol. The highest BCUT2D eigenvalue weighted by Crippen LogP contribution is 2.11. The maximum Gasteiger partial charge on any atom is 0.300 e. The van der Waals surface area contributed by atoms with Gasteiger partial charge >= 0.3 is 0 Å². The monoisotopic (exact) mass is 160 g/mol. The molecule has 3 heteroatoms. The lowest BCUT2D eigenvalue weighted by atomic mass is 10.0. The normalized spacial score (nSPS) is 18.4. The molecule has 0 aromatic heterocycles. The number of carboxylic acids is 1. The quantitative estimate of drug-likeness (QED) is 0.584. The van der Waals surface area contributed by atoms with Crippen LogP contribution >= 0.6 is 0 Å². The van der Waals surface area contributed by atoms with Gasteiger partial charge in [-0.1, -0.05) is 6.92 Å². The molecular weight excluding hydrogens is 144 g/mol. The topological polar surface area (TPSA) is 46.5 Å². The van der Waals surface area contributed by atoms with Crippen molar-refractivity contribution in [3.05, 3.63) is 0 Å². The average molecular weight is 160 g/mol. The van der Waals surface area contributed by atoms with Crippen LogP contribution in [0.4, 0.5) is 0 Å². The first-order valence-electron chi connectivity index (χ1n) is 3.90. The fourth-order valence-electron chi connectivity index (χ4n) is 0.815. The minimum Gasteiger partial charge on any atom is -0.481 e. The van der Waals surface area contributed by atoms with E-state index in [9.17, 15) is 0 Å². The number of ether oxygens (including phenoxy) is 1. The van der Waals surface area contributed by atoms with E-state index in [4.69, 9.17) is 14.6 Å². The lowest BCUT2D eigenvalue weighted by Gasteiger charge is -2.16. The molecule has 1 aliphatic rings. The maximum absolute atomic E-state index is 9.00. The molecule has 0 saturated carbocycles. The van der Waals surface area contributed by atoms with Crippen LogP contribution in [-0.4, -0.2) is 24.3 Å². The molecule has 66 valence electrons. The molecular formula is C8H16O3. The molecule has 11 heavy (non-hydrogen) atoms. The number of hydrogen-bond donors (Lipinski definition) is 1. The van der Waals surface area contributed by atoms with Gasteiger partial charge in [0.2, 0.25) is 0 Å². The molecule has 1 rings (SSSR count). The van der Waals surface area contributed by atoms with E-state index in [-0.39, 0.29) is 0 Å². The number of carbonyl (C=O) groups is 1. The van der Waals surface area contributed by atoms with Crippen LogP contribution in [0.2, 0.25) is 0 Å². The van der Waals surface area contributed by atoms with E-state index in [1.807, 2.05) is 0 Å². The van der Waals surface area contributed by atoms with Crippen molar-refractivity contribution >= 4 is 5.97 Å². The Labute approximate surface area is 67.4 Å². The SMILES string of the molecule is CC(=O)O.CC1CCOCC1. The van der Waals surface area contributed by atoms with Crippen LogP contribution in [0, 0.1) is 5.92 Å². The fraction of sp³-hybridized carbons (Fsp3) is 0.875. The third-order valence-corrected chi connectivity index (χ3v) is 1.51. The van der Waals surface area contributed by atoms with Gasteiger partial charge in [-0.3, -0.25) is 4.79 Å². The van der Waals surface area contributed by atoms with Crippen molar-refractivity contribution in [2.24, 2.45) is 5.92 Å². The van der Waals surface area contributed by atoms with Crippen LogP contribution in [-0.2, 0) is 9.53 Å². The highest BCUT2D eigenvalue weighted by Gasteiger charge is 2.06. The standard InChI is InChI=1S/C6H12O.C2H4O2/c1-6-2-4-7-5-3-6;1-2(3)4/h6H,2-5H2,1H3;1H3,(H,3,4). The summed E-state index contributed by atoms with van der Waals surface area (Å²) in [6.07, 6.45) is 2.53. The number of carboxylic acid groups (broad SMARTS) is 1. The van der Waals surface area contributed by atoms with Crippen molar-refractivity contribution in [3.63, 3.8) is 0 Å². The average Bonchev–Trinajstić information content (AvgIpc) is 1.87. The van der Waals surface area contributed by atoms with Crippen LogP contribution in [0.1, 0.15) is 26.7 Å². The zero-order chi connectivity index (χ0) is 8.69. The molecule has 1 N–H and O–H groups in total. The molecule has 1 heterocycles. The lowest BCUT2D eigenvalue weighted by molar-refractivity contribution is -0.134. The van der Waals surface area contributed by atoms with Crippen molar-refractivity contribution < 1.29 is 14.6 Å². The molecule has 1 saturated heterocycles. The summed E-state index contributed by atoms with van der Waals surface area (Å²) in [5.74, 6) is 0.0775. The van der Waals surface area contributed by atoms with Gasteiger partial charge in [0.1, 0.15) is 0 Å². The third kappa shape index (κ3) is 9.43. The van der Waals surface area contributed by atoms with Gasteiger partial charge in [-0.15, -0.1) is 0 Å². The van der Waals surface area contributed by atoms with Gasteiger partial charge in [0.05, 0.1) is 0 Å². The van der Waals surface area contributed by atoms with E-state index in [2.05, 4.69) is 6.92 Å². The Hall–Kier alpha value is -0.570. The smallest absolute Gasteiger partial charge is 0.300 e. The second-order valence-corrected chi connectivity index (χ2v) is 2.81. The lowest BCUT2D eigenvalue weighted by Crippen LogP contribution is -2.12. The molecule has 0 amide bonds. The highest BCUT2D eigenvalue weighted by atomic mass is 16.5. The molecule has 0 radical (unpaired) electrons. The van der Waals surface area contributed by atoms with Crippen molar-refractivity contribution in [2.75, 3.05) is 13.2 Å². The van der Waals surface area contributed by atoms with Gasteiger partial charge in [0.15, 0.2) is 0 Å². The van der Waals surface area contributed by atoms with Crippen LogP contribution in [0.3, 0.4) is 0 Å². The third-order valence-electron chi connectivity index (χ3n) is 1.51. The number of hydrogen-bond acceptors (Lipinski definition) is 2. The Morgan fingerprint density at radius 1 is 1.45 bits per heavy atom. The zero-order valence-corrected chi connectivity index (χ0v) is 7.17. The van der Waals surface area contributed by atoms with Crippen LogP contribution in [0.5, 0.6) is 0 Å². The van der Waals surface area contributed by atoms with E-state index in [1.54, 1.807) is 0 Å². The zero-order valence-electron chi connectivity index (χ0n) is 7.17. The molecule has 1 aliphatic heterocycles. The Morgan fingerprint density at radius 3 is 2.00 bits per heavy atom. The van der Waals surface area contributed by atoms with Gasteiger partial charge in [0, 0.05) is 20.1 Å². The van der Waals surface area contributed by atoms with Crippen molar-refractivity contribution in [2.45, 2.75) is 26.7 Å². The van der Waals surface area contributed by atoms with Crippen molar-refractivity contribution in [3.8, 4) is 0 Å². The fourth-order valence-corrected chi connectivity index (χ4v) is 0.815. The Kier molecular flexibility index (Phi) is 5.84. The minimum absolute atomic E-state index is 0.833. The summed E-state index contributed by atoms with van der Waals surface area (Å²) in [4.78, 5) is 9.00. The van der Waals surface area contributed by atoms with E-state index in [0.29, 0.717) is 0 Å². The first kappa shape index (κ1) is 10.4. The molecule has 0 aliphatic carbocycles. The van der Waals surface area contributed by atoms with Crippen LogP contribution < -0.4 is 0 Å². The van der Waals surface area contributed by atoms with E-state index >= 15 is 0 Å².